The Bertz CT molecular complexity index is 5640. The minimum Gasteiger partial charge on any atom is -0.309 e. The number of para-hydroxylation sites is 6. The van der Waals surface area contributed by atoms with E-state index < -0.39 is 0 Å². The van der Waals surface area contributed by atoms with Crippen LogP contribution in [0.1, 0.15) is 5.56 Å². The van der Waals surface area contributed by atoms with Crippen molar-refractivity contribution in [2.24, 2.45) is 0 Å². The Labute approximate surface area is 517 Å². The van der Waals surface area contributed by atoms with Crippen LogP contribution < -0.4 is 0 Å². The maximum atomic E-state index is 9.81. The zero-order chi connectivity index (χ0) is 59.4. The molecular formula is C83H51N7. The lowest BCUT2D eigenvalue weighted by molar-refractivity contribution is 1.16. The first-order chi connectivity index (χ1) is 44.6. The molecule has 18 rings (SSSR count). The van der Waals surface area contributed by atoms with E-state index in [4.69, 9.17) is 9.97 Å². The van der Waals surface area contributed by atoms with Crippen molar-refractivity contribution in [1.82, 2.24) is 28.2 Å². The Kier molecular flexibility index (Phi) is 11.5. The van der Waals surface area contributed by atoms with Crippen molar-refractivity contribution < 1.29 is 0 Å². The van der Waals surface area contributed by atoms with Crippen LogP contribution in [0.5, 0.6) is 0 Å². The van der Waals surface area contributed by atoms with E-state index in [1.165, 1.54) is 65.2 Å². The van der Waals surface area contributed by atoms with Gasteiger partial charge in [-0.15, -0.1) is 0 Å². The number of hydrogen-bond donors (Lipinski definition) is 0. The third kappa shape index (κ3) is 8.13. The van der Waals surface area contributed by atoms with Gasteiger partial charge < -0.3 is 18.3 Å². The summed E-state index contributed by atoms with van der Waals surface area (Å²) in [6.45, 7) is 0. The zero-order valence-corrected chi connectivity index (χ0v) is 48.6. The van der Waals surface area contributed by atoms with Gasteiger partial charge in [-0.2, -0.15) is 5.26 Å². The van der Waals surface area contributed by atoms with Gasteiger partial charge in [0.2, 0.25) is 0 Å². The molecule has 0 aliphatic rings. The predicted octanol–water partition coefficient (Wildman–Crippen LogP) is 21.1. The van der Waals surface area contributed by atoms with E-state index in [1.807, 2.05) is 24.3 Å². The smallest absolute Gasteiger partial charge is 0.160 e. The maximum absolute atomic E-state index is 9.81. The molecule has 7 heteroatoms. The van der Waals surface area contributed by atoms with Crippen molar-refractivity contribution >= 4 is 87.2 Å². The van der Waals surface area contributed by atoms with Gasteiger partial charge in [-0.05, 0) is 162 Å². The molecule has 0 saturated heterocycles. The summed E-state index contributed by atoms with van der Waals surface area (Å²) < 4.78 is 9.52. The van der Waals surface area contributed by atoms with Crippen molar-refractivity contribution in [3.63, 3.8) is 0 Å². The number of nitriles is 1. The molecule has 13 aromatic carbocycles. The molecule has 0 N–H and O–H groups in total. The van der Waals surface area contributed by atoms with E-state index in [9.17, 15) is 5.26 Å². The normalized spacial score (nSPS) is 11.8. The summed E-state index contributed by atoms with van der Waals surface area (Å²) in [6, 6.07) is 113. The average Bonchev–Trinajstić information content (AvgIpc) is 1.76. The lowest BCUT2D eigenvalue weighted by Crippen LogP contribution is -1.99. The molecule has 0 bridgehead atoms. The molecule has 0 fully saturated rings. The molecule has 0 saturated carbocycles. The lowest BCUT2D eigenvalue weighted by atomic mass is 10.0. The van der Waals surface area contributed by atoms with E-state index in [2.05, 4.69) is 309 Å². The van der Waals surface area contributed by atoms with Crippen LogP contribution in [0.4, 0.5) is 0 Å². The van der Waals surface area contributed by atoms with Gasteiger partial charge in [-0.3, -0.25) is 0 Å². The van der Waals surface area contributed by atoms with Crippen LogP contribution >= 0.6 is 0 Å². The second-order valence-electron chi connectivity index (χ2n) is 23.3. The highest BCUT2D eigenvalue weighted by molar-refractivity contribution is 6.14. The van der Waals surface area contributed by atoms with Crippen LogP contribution in [-0.2, 0) is 0 Å². The molecule has 7 nitrogen and oxygen atoms in total. The van der Waals surface area contributed by atoms with E-state index in [0.29, 0.717) is 11.4 Å². The lowest BCUT2D eigenvalue weighted by Gasteiger charge is -2.14. The first kappa shape index (κ1) is 50.9. The van der Waals surface area contributed by atoms with E-state index in [0.717, 1.165) is 95.1 Å². The van der Waals surface area contributed by atoms with Crippen molar-refractivity contribution in [1.29, 1.82) is 5.26 Å². The topological polar surface area (TPSA) is 69.3 Å². The second-order valence-corrected chi connectivity index (χ2v) is 23.3. The third-order valence-electron chi connectivity index (χ3n) is 18.2. The molecule has 0 aliphatic heterocycles. The monoisotopic (exact) mass is 1150 g/mol. The largest absolute Gasteiger partial charge is 0.309 e. The predicted molar refractivity (Wildman–Crippen MR) is 371 cm³/mol. The fourth-order valence-electron chi connectivity index (χ4n) is 14.0. The fourth-order valence-corrected chi connectivity index (χ4v) is 14.0. The summed E-state index contributed by atoms with van der Waals surface area (Å²) in [5.74, 6) is 0.571. The van der Waals surface area contributed by atoms with Gasteiger partial charge in [0.25, 0.3) is 0 Å². The van der Waals surface area contributed by atoms with E-state index in [-0.39, 0.29) is 0 Å². The summed E-state index contributed by atoms with van der Waals surface area (Å²) in [6.07, 6.45) is 0. The van der Waals surface area contributed by atoms with Gasteiger partial charge in [-0.1, -0.05) is 170 Å². The molecule has 5 heterocycles. The van der Waals surface area contributed by atoms with Crippen molar-refractivity contribution in [3.05, 3.63) is 315 Å². The highest BCUT2D eigenvalue weighted by Gasteiger charge is 2.21. The van der Waals surface area contributed by atoms with Gasteiger partial charge in [0.15, 0.2) is 5.82 Å². The standard InChI is InChI=1S/C83H51N7/c84-52-53-33-35-54(36-34-53)83-85-73(59-17-15-23-63(45-59)89-77-31-13-9-27-67(77)71-47-55(39-43-79(71)89)57-37-41-69-65-25-7-11-29-75(65)87(81(69)49-57)61-19-3-1-4-20-61)51-74(86-83)60-18-16-24-64(46-60)90-78-32-14-10-28-68(78)72-48-56(40-44-80(72)90)58-38-42-70-66-26-8-12-30-76(66)88(82(70)50-58)62-21-5-2-6-22-62/h1-51H. The molecule has 418 valence electrons. The molecule has 0 unspecified atom stereocenters. The van der Waals surface area contributed by atoms with Gasteiger partial charge in [0.05, 0.1) is 67.2 Å². The third-order valence-corrected chi connectivity index (χ3v) is 18.2. The average molecular weight is 1150 g/mol. The highest BCUT2D eigenvalue weighted by atomic mass is 15.0. The number of benzene rings is 13. The molecule has 0 atom stereocenters. The molecule has 5 aromatic heterocycles. The minimum absolute atomic E-state index is 0.571. The van der Waals surface area contributed by atoms with Gasteiger partial charge in [-0.25, -0.2) is 9.97 Å². The molecular weight excluding hydrogens is 1090 g/mol. The van der Waals surface area contributed by atoms with Crippen molar-refractivity contribution in [2.75, 3.05) is 0 Å². The number of rotatable bonds is 9. The summed E-state index contributed by atoms with van der Waals surface area (Å²) in [5, 5.41) is 19.4. The summed E-state index contributed by atoms with van der Waals surface area (Å²) in [7, 11) is 0. The second kappa shape index (κ2) is 20.4. The fraction of sp³-hybridized carbons (Fsp3) is 0. The Hall–Kier alpha value is -12.4. The Morgan fingerprint density at radius 1 is 0.222 bits per heavy atom. The number of hydrogen-bond acceptors (Lipinski definition) is 3. The SMILES string of the molecule is N#Cc1ccc(-c2nc(-c3cccc(-n4c5ccccc5c5cc(-c6ccc7c8ccccc8n(-c8ccccc8)c7c6)ccc54)c3)cc(-c3cccc(-n4c5ccccc5c5cc(-c6ccc7c8ccccc8n(-c8ccccc8)c7c6)ccc54)c3)n2)cc1. The first-order valence-electron chi connectivity index (χ1n) is 30.4. The number of aromatic nitrogens is 6. The molecule has 0 radical (unpaired) electrons. The first-order valence-corrected chi connectivity index (χ1v) is 30.4. The van der Waals surface area contributed by atoms with Crippen LogP contribution in [0.25, 0.3) is 166 Å². The van der Waals surface area contributed by atoms with Crippen molar-refractivity contribution in [3.8, 4) is 85.0 Å². The zero-order valence-electron chi connectivity index (χ0n) is 48.6. The van der Waals surface area contributed by atoms with Gasteiger partial charge >= 0.3 is 0 Å². The molecule has 0 spiro atoms. The Balaban J connectivity index is 0.738. The van der Waals surface area contributed by atoms with Crippen LogP contribution in [0.2, 0.25) is 0 Å². The van der Waals surface area contributed by atoms with Gasteiger partial charge in [0.1, 0.15) is 0 Å². The minimum atomic E-state index is 0.571. The Morgan fingerprint density at radius 3 is 0.989 bits per heavy atom. The van der Waals surface area contributed by atoms with Crippen LogP contribution in [0.3, 0.4) is 0 Å². The van der Waals surface area contributed by atoms with E-state index >= 15 is 0 Å². The number of fused-ring (bicyclic) bond motifs is 12. The Morgan fingerprint density at radius 2 is 0.556 bits per heavy atom. The highest BCUT2D eigenvalue weighted by Crippen LogP contribution is 2.42. The quantitative estimate of drug-likeness (QED) is 0.145. The van der Waals surface area contributed by atoms with E-state index in [1.54, 1.807) is 0 Å². The van der Waals surface area contributed by atoms with Crippen molar-refractivity contribution in [2.45, 2.75) is 0 Å². The molecule has 90 heavy (non-hydrogen) atoms. The maximum Gasteiger partial charge on any atom is 0.160 e. The summed E-state index contributed by atoms with van der Waals surface area (Å²) in [5.41, 5.74) is 23.0. The molecule has 18 aromatic rings. The van der Waals surface area contributed by atoms with Crippen LogP contribution in [0, 0.1) is 11.3 Å². The summed E-state index contributed by atoms with van der Waals surface area (Å²) in [4.78, 5) is 10.7. The number of nitrogens with zero attached hydrogens (tertiary/aromatic N) is 7. The van der Waals surface area contributed by atoms with Crippen LogP contribution in [0.15, 0.2) is 309 Å². The van der Waals surface area contributed by atoms with Crippen LogP contribution in [-0.4, -0.2) is 28.2 Å². The molecule has 0 aliphatic carbocycles. The molecule has 0 amide bonds. The van der Waals surface area contributed by atoms with Gasteiger partial charge in [0, 0.05) is 82.5 Å². The summed E-state index contributed by atoms with van der Waals surface area (Å²) >= 11 is 0.